The molecule has 3 aromatic rings. The largest absolute Gasteiger partial charge is 0.320 e. The highest BCUT2D eigenvalue weighted by Gasteiger charge is 2.11. The number of benzene rings is 2. The number of nitrogens with zero attached hydrogens (tertiary/aromatic N) is 3. The molecule has 19 heavy (non-hydrogen) atoms. The van der Waals surface area contributed by atoms with Gasteiger partial charge in [0.2, 0.25) is 0 Å². The van der Waals surface area contributed by atoms with Gasteiger partial charge in [-0.25, -0.2) is 4.98 Å². The maximum absolute atomic E-state index is 8.88. The van der Waals surface area contributed by atoms with Gasteiger partial charge in [-0.2, -0.15) is 5.26 Å². The highest BCUT2D eigenvalue weighted by Crippen LogP contribution is 2.32. The van der Waals surface area contributed by atoms with Gasteiger partial charge in [-0.15, -0.1) is 0 Å². The van der Waals surface area contributed by atoms with E-state index in [2.05, 4.69) is 35.3 Å². The molecule has 0 spiro atoms. The zero-order valence-electron chi connectivity index (χ0n) is 10.4. The monoisotopic (exact) mass is 265 g/mol. The normalized spacial score (nSPS) is 10.3. The zero-order chi connectivity index (χ0) is 13.2. The summed E-state index contributed by atoms with van der Waals surface area (Å²) in [5, 5.41) is 12.1. The second-order valence-corrected chi connectivity index (χ2v) is 5.19. The van der Waals surface area contributed by atoms with Crippen LogP contribution in [-0.2, 0) is 0 Å². The quantitative estimate of drug-likeness (QED) is 0.704. The highest BCUT2D eigenvalue weighted by atomic mass is 32.1. The van der Waals surface area contributed by atoms with Gasteiger partial charge >= 0.3 is 0 Å². The maximum Gasteiger partial charge on any atom is 0.190 e. The molecule has 0 aliphatic rings. The molecule has 3 rings (SSSR count). The number of hydrogen-bond acceptors (Lipinski definition) is 4. The molecule has 92 valence electrons. The Balaban J connectivity index is 2.11. The van der Waals surface area contributed by atoms with Crippen molar-refractivity contribution in [2.24, 2.45) is 0 Å². The van der Waals surface area contributed by atoms with Crippen LogP contribution in [0, 0.1) is 11.3 Å². The van der Waals surface area contributed by atoms with Crippen molar-refractivity contribution in [2.75, 3.05) is 11.9 Å². The molecule has 4 heteroatoms. The summed E-state index contributed by atoms with van der Waals surface area (Å²) in [6.45, 7) is 0. The summed E-state index contributed by atoms with van der Waals surface area (Å²) in [6.07, 6.45) is 1.61. The number of nitriles is 1. The topological polar surface area (TPSA) is 39.9 Å². The fourth-order valence-electron chi connectivity index (χ4n) is 2.08. The van der Waals surface area contributed by atoms with Gasteiger partial charge in [0.1, 0.15) is 10.9 Å². The van der Waals surface area contributed by atoms with Gasteiger partial charge in [-0.05, 0) is 11.5 Å². The second kappa shape index (κ2) is 4.71. The van der Waals surface area contributed by atoms with Gasteiger partial charge in [0.15, 0.2) is 5.13 Å². The van der Waals surface area contributed by atoms with E-state index in [4.69, 9.17) is 5.26 Å². The van der Waals surface area contributed by atoms with Crippen molar-refractivity contribution in [1.29, 1.82) is 5.26 Å². The summed E-state index contributed by atoms with van der Waals surface area (Å²) < 4.78 is 0. The Morgan fingerprint density at radius 3 is 2.74 bits per heavy atom. The average molecular weight is 265 g/mol. The molecular formula is C15H11N3S. The standard InChI is InChI=1S/C15H11N3S/c1-18(15-17-10-12(9-16)19-15)14-8-4-6-11-5-2-3-7-13(11)14/h2-8,10H,1H3. The highest BCUT2D eigenvalue weighted by molar-refractivity contribution is 7.16. The SMILES string of the molecule is CN(c1ncc(C#N)s1)c1cccc2ccccc12. The van der Waals surface area contributed by atoms with Crippen molar-refractivity contribution in [1.82, 2.24) is 4.98 Å². The van der Waals surface area contributed by atoms with Crippen LogP contribution in [0.1, 0.15) is 4.88 Å². The molecular weight excluding hydrogens is 254 g/mol. The van der Waals surface area contributed by atoms with Crippen LogP contribution in [0.5, 0.6) is 0 Å². The Hall–Kier alpha value is -2.38. The average Bonchev–Trinajstić information content (AvgIpc) is 2.95. The third-order valence-corrected chi connectivity index (χ3v) is 4.00. The molecule has 0 aliphatic heterocycles. The summed E-state index contributed by atoms with van der Waals surface area (Å²) in [6, 6.07) is 16.6. The van der Waals surface area contributed by atoms with Crippen molar-refractivity contribution in [3.8, 4) is 6.07 Å². The molecule has 0 aliphatic carbocycles. The molecule has 0 saturated heterocycles. The first-order valence-corrected chi connectivity index (χ1v) is 6.68. The van der Waals surface area contributed by atoms with E-state index in [1.807, 2.05) is 30.1 Å². The van der Waals surface area contributed by atoms with E-state index in [9.17, 15) is 0 Å². The number of rotatable bonds is 2. The number of anilines is 2. The lowest BCUT2D eigenvalue weighted by Crippen LogP contribution is -2.09. The number of thiazole rings is 1. The molecule has 1 heterocycles. The molecule has 0 bridgehead atoms. The molecule has 0 N–H and O–H groups in total. The van der Waals surface area contributed by atoms with E-state index >= 15 is 0 Å². The molecule has 0 fully saturated rings. The molecule has 0 saturated carbocycles. The van der Waals surface area contributed by atoms with E-state index in [1.54, 1.807) is 6.20 Å². The molecule has 0 atom stereocenters. The van der Waals surface area contributed by atoms with E-state index in [-0.39, 0.29) is 0 Å². The summed E-state index contributed by atoms with van der Waals surface area (Å²) in [4.78, 5) is 6.94. The fraction of sp³-hybridized carbons (Fsp3) is 0.0667. The Kier molecular flexibility index (Phi) is 2.90. The van der Waals surface area contributed by atoms with Gasteiger partial charge in [0, 0.05) is 12.4 Å². The molecule has 3 nitrogen and oxygen atoms in total. The summed E-state index contributed by atoms with van der Waals surface area (Å²) in [5.74, 6) is 0. The van der Waals surface area contributed by atoms with Crippen LogP contribution >= 0.6 is 11.3 Å². The minimum atomic E-state index is 0.627. The van der Waals surface area contributed by atoms with E-state index < -0.39 is 0 Å². The van der Waals surface area contributed by atoms with Crippen LogP contribution in [-0.4, -0.2) is 12.0 Å². The Morgan fingerprint density at radius 1 is 1.16 bits per heavy atom. The third-order valence-electron chi connectivity index (χ3n) is 3.02. The minimum Gasteiger partial charge on any atom is -0.320 e. The smallest absolute Gasteiger partial charge is 0.190 e. The van der Waals surface area contributed by atoms with Crippen LogP contribution in [0.3, 0.4) is 0 Å². The Morgan fingerprint density at radius 2 is 1.95 bits per heavy atom. The minimum absolute atomic E-state index is 0.627. The van der Waals surface area contributed by atoms with Crippen molar-refractivity contribution < 1.29 is 0 Å². The third kappa shape index (κ3) is 2.05. The number of hydrogen-bond donors (Lipinski definition) is 0. The Labute approximate surface area is 115 Å². The van der Waals surface area contributed by atoms with Crippen molar-refractivity contribution in [3.63, 3.8) is 0 Å². The van der Waals surface area contributed by atoms with Crippen LogP contribution in [0.4, 0.5) is 10.8 Å². The fourth-order valence-corrected chi connectivity index (χ4v) is 2.76. The molecule has 0 amide bonds. The number of fused-ring (bicyclic) bond motifs is 1. The van der Waals surface area contributed by atoms with Crippen LogP contribution in [0.15, 0.2) is 48.7 Å². The zero-order valence-corrected chi connectivity index (χ0v) is 11.2. The lowest BCUT2D eigenvalue weighted by Gasteiger charge is -2.18. The van der Waals surface area contributed by atoms with Gasteiger partial charge in [0.25, 0.3) is 0 Å². The summed E-state index contributed by atoms with van der Waals surface area (Å²) in [5.41, 5.74) is 1.09. The second-order valence-electron chi connectivity index (χ2n) is 4.18. The maximum atomic E-state index is 8.88. The lowest BCUT2D eigenvalue weighted by atomic mass is 10.1. The van der Waals surface area contributed by atoms with E-state index in [1.165, 1.54) is 22.1 Å². The van der Waals surface area contributed by atoms with Crippen LogP contribution in [0.25, 0.3) is 10.8 Å². The molecule has 0 unspecified atom stereocenters. The molecule has 1 aromatic heterocycles. The van der Waals surface area contributed by atoms with Gasteiger partial charge in [-0.3, -0.25) is 0 Å². The van der Waals surface area contributed by atoms with Gasteiger partial charge in [-0.1, -0.05) is 47.7 Å². The predicted molar refractivity (Wildman–Crippen MR) is 78.8 cm³/mol. The van der Waals surface area contributed by atoms with Crippen molar-refractivity contribution in [3.05, 3.63) is 53.5 Å². The number of aromatic nitrogens is 1. The first-order chi connectivity index (χ1) is 9.29. The Bertz CT molecular complexity index is 765. The predicted octanol–water partition coefficient (Wildman–Crippen LogP) is 3.94. The van der Waals surface area contributed by atoms with Crippen molar-refractivity contribution in [2.45, 2.75) is 0 Å². The van der Waals surface area contributed by atoms with Gasteiger partial charge in [0.05, 0.1) is 11.9 Å². The summed E-state index contributed by atoms with van der Waals surface area (Å²) >= 11 is 1.40. The first-order valence-electron chi connectivity index (χ1n) is 5.87. The van der Waals surface area contributed by atoms with E-state index in [0.717, 1.165) is 10.8 Å². The van der Waals surface area contributed by atoms with Crippen molar-refractivity contribution >= 4 is 32.9 Å². The molecule has 0 radical (unpaired) electrons. The summed E-state index contributed by atoms with van der Waals surface area (Å²) in [7, 11) is 1.97. The van der Waals surface area contributed by atoms with Crippen LogP contribution in [0.2, 0.25) is 0 Å². The lowest BCUT2D eigenvalue weighted by molar-refractivity contribution is 1.18. The molecule has 2 aromatic carbocycles. The van der Waals surface area contributed by atoms with Crippen LogP contribution < -0.4 is 4.90 Å². The van der Waals surface area contributed by atoms with Gasteiger partial charge < -0.3 is 4.90 Å². The van der Waals surface area contributed by atoms with E-state index in [0.29, 0.717) is 4.88 Å². The first kappa shape index (κ1) is 11.7.